The van der Waals surface area contributed by atoms with Gasteiger partial charge in [0.15, 0.2) is 5.78 Å². The molecule has 1 fully saturated rings. The van der Waals surface area contributed by atoms with Crippen LogP contribution in [0.25, 0.3) is 22.4 Å². The first-order valence-electron chi connectivity index (χ1n) is 12.5. The predicted molar refractivity (Wildman–Crippen MR) is 145 cm³/mol. The Morgan fingerprint density at radius 3 is 2.64 bits per heavy atom. The maximum Gasteiger partial charge on any atom is 0.226 e. The van der Waals surface area contributed by atoms with E-state index >= 15 is 0 Å². The van der Waals surface area contributed by atoms with Gasteiger partial charge in [0.05, 0.1) is 35.2 Å². The summed E-state index contributed by atoms with van der Waals surface area (Å²) in [4.78, 5) is 35.0. The zero-order valence-corrected chi connectivity index (χ0v) is 22.3. The van der Waals surface area contributed by atoms with Gasteiger partial charge in [0.2, 0.25) is 5.91 Å². The van der Waals surface area contributed by atoms with Gasteiger partial charge in [-0.05, 0) is 46.7 Å². The second-order valence-corrected chi connectivity index (χ2v) is 11.7. The number of morpholine rings is 1. The van der Waals surface area contributed by atoms with Crippen molar-refractivity contribution < 1.29 is 14.3 Å². The van der Waals surface area contributed by atoms with Crippen LogP contribution in [0.15, 0.2) is 42.6 Å². The largest absolute Gasteiger partial charge is 0.378 e. The van der Waals surface area contributed by atoms with Crippen LogP contribution in [0.3, 0.4) is 0 Å². The molecule has 0 atom stereocenters. The number of amides is 1. The highest BCUT2D eigenvalue weighted by atomic mass is 32.1. The lowest BCUT2D eigenvalue weighted by Crippen LogP contribution is -2.36. The van der Waals surface area contributed by atoms with Crippen molar-refractivity contribution in [2.24, 2.45) is 5.41 Å². The third-order valence-corrected chi connectivity index (χ3v) is 8.29. The van der Waals surface area contributed by atoms with Crippen molar-refractivity contribution in [1.29, 1.82) is 0 Å². The van der Waals surface area contributed by atoms with E-state index in [1.807, 2.05) is 30.5 Å². The van der Waals surface area contributed by atoms with E-state index in [2.05, 4.69) is 35.9 Å². The number of likely N-dealkylation sites (N-methyl/N-ethyl adjacent to an activating group) is 1. The minimum absolute atomic E-state index is 0.0641. The summed E-state index contributed by atoms with van der Waals surface area (Å²) in [5.41, 5.74) is 6.17. The lowest BCUT2D eigenvalue weighted by molar-refractivity contribution is -0.127. The molecule has 2 aromatic heterocycles. The van der Waals surface area contributed by atoms with E-state index in [0.29, 0.717) is 26.1 Å². The molecule has 1 aliphatic carbocycles. The number of aromatic nitrogens is 1. The topological polar surface area (TPSA) is 62.7 Å². The number of pyridine rings is 1. The number of carbonyl (C=O) groups is 2. The molecule has 7 heteroatoms. The fourth-order valence-electron chi connectivity index (χ4n) is 5.11. The molecule has 1 amide bonds. The number of nitrogens with zero attached hydrogens (tertiary/aromatic N) is 3. The quantitative estimate of drug-likeness (QED) is 0.485. The number of anilines is 1. The standard InChI is InChI=1S/C29H33N3O3S/c1-29(2)17-22-26(28(32-10-12-35-13-11-32)36-27(22)24(33)18-29)21-8-9-30-23(16-21)20-7-5-6-19(14-20)15-25(34)31(3)4/h5-9,14,16H,10-13,15,17-18H2,1-4H3. The van der Waals surface area contributed by atoms with Gasteiger partial charge >= 0.3 is 0 Å². The summed E-state index contributed by atoms with van der Waals surface area (Å²) >= 11 is 1.64. The van der Waals surface area contributed by atoms with Crippen molar-refractivity contribution in [3.63, 3.8) is 0 Å². The molecule has 2 aliphatic rings. The Kier molecular flexibility index (Phi) is 6.70. The minimum Gasteiger partial charge on any atom is -0.378 e. The maximum absolute atomic E-state index is 13.2. The van der Waals surface area contributed by atoms with Gasteiger partial charge in [0, 0.05) is 50.9 Å². The molecule has 1 aromatic carbocycles. The van der Waals surface area contributed by atoms with Crippen LogP contribution in [0, 0.1) is 5.41 Å². The molecule has 3 heterocycles. The predicted octanol–water partition coefficient (Wildman–Crippen LogP) is 5.10. The number of carbonyl (C=O) groups excluding carboxylic acids is 2. The Morgan fingerprint density at radius 1 is 1.11 bits per heavy atom. The Bertz CT molecular complexity index is 1300. The van der Waals surface area contributed by atoms with E-state index in [9.17, 15) is 9.59 Å². The van der Waals surface area contributed by atoms with E-state index in [1.54, 1.807) is 30.3 Å². The summed E-state index contributed by atoms with van der Waals surface area (Å²) in [6, 6.07) is 12.2. The van der Waals surface area contributed by atoms with Gasteiger partial charge < -0.3 is 14.5 Å². The number of ether oxygens (including phenoxy) is 1. The van der Waals surface area contributed by atoms with Gasteiger partial charge in [-0.1, -0.05) is 32.0 Å². The maximum atomic E-state index is 13.2. The van der Waals surface area contributed by atoms with Gasteiger partial charge in [-0.3, -0.25) is 14.6 Å². The van der Waals surface area contributed by atoms with E-state index in [-0.39, 0.29) is 17.1 Å². The van der Waals surface area contributed by atoms with Crippen LogP contribution in [-0.4, -0.2) is 62.0 Å². The molecule has 0 spiro atoms. The molecule has 5 rings (SSSR count). The molecule has 0 unspecified atom stereocenters. The number of rotatable bonds is 5. The molecule has 0 bridgehead atoms. The van der Waals surface area contributed by atoms with Crippen LogP contribution in [-0.2, 0) is 22.4 Å². The molecular weight excluding hydrogens is 470 g/mol. The Morgan fingerprint density at radius 2 is 1.89 bits per heavy atom. The highest BCUT2D eigenvalue weighted by molar-refractivity contribution is 7.19. The first-order chi connectivity index (χ1) is 17.2. The summed E-state index contributed by atoms with van der Waals surface area (Å²) in [7, 11) is 3.55. The van der Waals surface area contributed by atoms with Crippen LogP contribution in [0.5, 0.6) is 0 Å². The lowest BCUT2D eigenvalue weighted by atomic mass is 9.75. The fraction of sp³-hybridized carbons (Fsp3) is 0.414. The van der Waals surface area contributed by atoms with Crippen LogP contribution in [0.4, 0.5) is 5.00 Å². The molecule has 36 heavy (non-hydrogen) atoms. The van der Waals surface area contributed by atoms with Crippen molar-refractivity contribution in [3.05, 3.63) is 58.6 Å². The Balaban J connectivity index is 1.58. The van der Waals surface area contributed by atoms with Crippen molar-refractivity contribution in [2.45, 2.75) is 33.1 Å². The van der Waals surface area contributed by atoms with Gasteiger partial charge in [-0.15, -0.1) is 11.3 Å². The molecule has 1 aliphatic heterocycles. The molecular formula is C29H33N3O3S. The number of thiophene rings is 1. The number of fused-ring (bicyclic) bond motifs is 1. The Labute approximate surface area is 216 Å². The molecule has 6 nitrogen and oxygen atoms in total. The zero-order valence-electron chi connectivity index (χ0n) is 21.5. The highest BCUT2D eigenvalue weighted by Gasteiger charge is 2.37. The van der Waals surface area contributed by atoms with Crippen LogP contribution >= 0.6 is 11.3 Å². The fourth-order valence-corrected chi connectivity index (χ4v) is 6.44. The molecule has 0 N–H and O–H groups in total. The van der Waals surface area contributed by atoms with Crippen molar-refractivity contribution in [1.82, 2.24) is 9.88 Å². The summed E-state index contributed by atoms with van der Waals surface area (Å²) in [5, 5.41) is 1.16. The van der Waals surface area contributed by atoms with Crippen molar-refractivity contribution in [2.75, 3.05) is 45.3 Å². The highest BCUT2D eigenvalue weighted by Crippen LogP contribution is 2.49. The van der Waals surface area contributed by atoms with Crippen LogP contribution < -0.4 is 4.90 Å². The van der Waals surface area contributed by atoms with Gasteiger partial charge in [0.25, 0.3) is 0 Å². The smallest absolute Gasteiger partial charge is 0.226 e. The minimum atomic E-state index is -0.0641. The summed E-state index contributed by atoms with van der Waals surface area (Å²) < 4.78 is 5.61. The summed E-state index contributed by atoms with van der Waals surface area (Å²) in [6.07, 6.45) is 3.68. The second kappa shape index (κ2) is 9.79. The zero-order chi connectivity index (χ0) is 25.4. The van der Waals surface area contributed by atoms with E-state index in [1.165, 1.54) is 11.1 Å². The summed E-state index contributed by atoms with van der Waals surface area (Å²) in [6.45, 7) is 7.40. The third-order valence-electron chi connectivity index (χ3n) is 6.96. The van der Waals surface area contributed by atoms with Gasteiger partial charge in [0.1, 0.15) is 0 Å². The molecule has 0 radical (unpaired) electrons. The van der Waals surface area contributed by atoms with E-state index in [0.717, 1.165) is 51.8 Å². The average molecular weight is 504 g/mol. The first-order valence-corrected chi connectivity index (χ1v) is 13.3. The monoisotopic (exact) mass is 503 g/mol. The van der Waals surface area contributed by atoms with Crippen LogP contribution in [0.1, 0.15) is 41.1 Å². The van der Waals surface area contributed by atoms with Gasteiger partial charge in [-0.25, -0.2) is 0 Å². The molecule has 3 aromatic rings. The van der Waals surface area contributed by atoms with Crippen molar-refractivity contribution >= 4 is 28.0 Å². The van der Waals surface area contributed by atoms with Crippen LogP contribution in [0.2, 0.25) is 0 Å². The summed E-state index contributed by atoms with van der Waals surface area (Å²) in [5.74, 6) is 0.320. The average Bonchev–Trinajstić information content (AvgIpc) is 3.23. The number of benzene rings is 1. The molecule has 188 valence electrons. The lowest BCUT2D eigenvalue weighted by Gasteiger charge is -2.30. The normalized spacial score (nSPS) is 17.1. The van der Waals surface area contributed by atoms with Crippen molar-refractivity contribution in [3.8, 4) is 22.4 Å². The first kappa shape index (κ1) is 24.7. The Hall–Kier alpha value is -3.03. The second-order valence-electron chi connectivity index (χ2n) is 10.7. The molecule has 0 saturated carbocycles. The molecule has 1 saturated heterocycles. The number of ketones is 1. The SMILES string of the molecule is CN(C)C(=O)Cc1cccc(-c2cc(-c3c(N4CCOCC4)sc4c3CC(C)(C)CC4=O)ccn2)c1. The number of Topliss-reactive ketones (excluding diaryl/α,β-unsaturated/α-hetero) is 1. The van der Waals surface area contributed by atoms with E-state index < -0.39 is 0 Å². The van der Waals surface area contributed by atoms with E-state index in [4.69, 9.17) is 4.74 Å². The number of hydrogen-bond acceptors (Lipinski definition) is 6. The van der Waals surface area contributed by atoms with Gasteiger partial charge in [-0.2, -0.15) is 0 Å². The number of hydrogen-bond donors (Lipinski definition) is 0. The third kappa shape index (κ3) is 4.95.